The average Bonchev–Trinajstić information content (AvgIpc) is 3.03. The van der Waals surface area contributed by atoms with Crippen molar-refractivity contribution in [1.82, 2.24) is 5.32 Å². The number of aryl methyl sites for hydroxylation is 2. The summed E-state index contributed by atoms with van der Waals surface area (Å²) in [6.45, 7) is 3.75. The highest BCUT2D eigenvalue weighted by Crippen LogP contribution is 2.29. The Morgan fingerprint density at radius 2 is 2.04 bits per heavy atom. The zero-order valence-corrected chi connectivity index (χ0v) is 17.1. The zero-order chi connectivity index (χ0) is 20.3. The lowest BCUT2D eigenvalue weighted by Gasteiger charge is -2.16. The van der Waals surface area contributed by atoms with Gasteiger partial charge in [0, 0.05) is 28.8 Å². The molecule has 0 saturated heterocycles. The highest BCUT2D eigenvalue weighted by molar-refractivity contribution is 7.98. The quantitative estimate of drug-likeness (QED) is 0.561. The van der Waals surface area contributed by atoms with Crippen LogP contribution in [0.2, 0.25) is 0 Å². The van der Waals surface area contributed by atoms with Crippen LogP contribution in [0.15, 0.2) is 32.0 Å². The Morgan fingerprint density at radius 3 is 2.75 bits per heavy atom. The first-order valence-electron chi connectivity index (χ1n) is 9.28. The van der Waals surface area contributed by atoms with Gasteiger partial charge in [0.2, 0.25) is 5.91 Å². The van der Waals surface area contributed by atoms with Crippen LogP contribution in [-0.4, -0.2) is 35.7 Å². The molecule has 2 N–H and O–H groups in total. The second-order valence-electron chi connectivity index (χ2n) is 6.98. The van der Waals surface area contributed by atoms with Crippen molar-refractivity contribution < 1.29 is 18.7 Å². The Hall–Kier alpha value is -2.25. The molecule has 6 nitrogen and oxygen atoms in total. The minimum Gasteiger partial charge on any atom is -0.464 e. The van der Waals surface area contributed by atoms with E-state index in [1.54, 1.807) is 24.1 Å². The number of furan rings is 1. The molecule has 28 heavy (non-hydrogen) atoms. The van der Waals surface area contributed by atoms with Crippen molar-refractivity contribution >= 4 is 39.6 Å². The Balaban J connectivity index is 1.81. The van der Waals surface area contributed by atoms with Crippen LogP contribution < -0.4 is 10.9 Å². The van der Waals surface area contributed by atoms with Crippen molar-refractivity contribution in [3.8, 4) is 0 Å². The second-order valence-corrected chi connectivity index (χ2v) is 7.97. The minimum absolute atomic E-state index is 0.0938. The SMILES string of the molecule is CSCC[C@H](CO)NC(=O)CCc1c(C)c2cc3c(C)coc3cc2oc1=O. The van der Waals surface area contributed by atoms with Gasteiger partial charge in [-0.15, -0.1) is 0 Å². The van der Waals surface area contributed by atoms with E-state index in [9.17, 15) is 14.7 Å². The van der Waals surface area contributed by atoms with E-state index >= 15 is 0 Å². The predicted molar refractivity (Wildman–Crippen MR) is 112 cm³/mol. The van der Waals surface area contributed by atoms with Crippen molar-refractivity contribution in [2.75, 3.05) is 18.6 Å². The van der Waals surface area contributed by atoms with E-state index in [-0.39, 0.29) is 25.0 Å². The van der Waals surface area contributed by atoms with Gasteiger partial charge in [0.05, 0.1) is 18.9 Å². The maximum Gasteiger partial charge on any atom is 0.339 e. The summed E-state index contributed by atoms with van der Waals surface area (Å²) < 4.78 is 11.0. The molecule has 3 aromatic rings. The van der Waals surface area contributed by atoms with Crippen LogP contribution in [-0.2, 0) is 11.2 Å². The Morgan fingerprint density at radius 1 is 1.25 bits per heavy atom. The van der Waals surface area contributed by atoms with Crippen LogP contribution in [0.5, 0.6) is 0 Å². The zero-order valence-electron chi connectivity index (χ0n) is 16.3. The van der Waals surface area contributed by atoms with E-state index in [4.69, 9.17) is 8.83 Å². The number of hydrogen-bond donors (Lipinski definition) is 2. The fourth-order valence-corrected chi connectivity index (χ4v) is 3.85. The maximum absolute atomic E-state index is 12.5. The standard InChI is InChI=1S/C21H25NO5S/c1-12-11-26-18-9-19-17(8-16(12)18)13(2)15(21(25)27-19)4-5-20(24)22-14(10-23)6-7-28-3/h8-9,11,14,23H,4-7,10H2,1-3H3,(H,22,24)/t14-/m1/s1. The normalized spacial score (nSPS) is 12.6. The van der Waals surface area contributed by atoms with Crippen LogP contribution in [0.1, 0.15) is 29.5 Å². The second kappa shape index (κ2) is 8.84. The van der Waals surface area contributed by atoms with Gasteiger partial charge in [-0.05, 0) is 55.9 Å². The maximum atomic E-state index is 12.5. The largest absolute Gasteiger partial charge is 0.464 e. The van der Waals surface area contributed by atoms with Gasteiger partial charge in [-0.1, -0.05) is 0 Å². The van der Waals surface area contributed by atoms with E-state index in [0.717, 1.165) is 27.7 Å². The van der Waals surface area contributed by atoms with Crippen molar-refractivity contribution in [2.24, 2.45) is 0 Å². The van der Waals surface area contributed by atoms with Crippen LogP contribution >= 0.6 is 11.8 Å². The van der Waals surface area contributed by atoms with Crippen molar-refractivity contribution in [3.05, 3.63) is 45.5 Å². The lowest BCUT2D eigenvalue weighted by atomic mass is 10.0. The van der Waals surface area contributed by atoms with E-state index < -0.39 is 5.63 Å². The van der Waals surface area contributed by atoms with Gasteiger partial charge in [-0.25, -0.2) is 4.79 Å². The number of amides is 1. The third kappa shape index (κ3) is 4.25. The summed E-state index contributed by atoms with van der Waals surface area (Å²) >= 11 is 1.67. The van der Waals surface area contributed by atoms with E-state index in [2.05, 4.69) is 5.32 Å². The molecule has 1 amide bonds. The number of carbonyl (C=O) groups excluding carboxylic acids is 1. The molecule has 2 heterocycles. The summed E-state index contributed by atoms with van der Waals surface area (Å²) in [4.78, 5) is 24.7. The van der Waals surface area contributed by atoms with Gasteiger partial charge < -0.3 is 19.3 Å². The third-order valence-electron chi connectivity index (χ3n) is 5.03. The van der Waals surface area contributed by atoms with E-state index in [1.807, 2.05) is 26.2 Å². The molecule has 0 aliphatic carbocycles. The molecule has 0 bridgehead atoms. The van der Waals surface area contributed by atoms with Gasteiger partial charge in [0.1, 0.15) is 11.2 Å². The van der Waals surface area contributed by atoms with Gasteiger partial charge in [-0.3, -0.25) is 4.79 Å². The van der Waals surface area contributed by atoms with Gasteiger partial charge >= 0.3 is 5.63 Å². The Bertz CT molecular complexity index is 1050. The summed E-state index contributed by atoms with van der Waals surface area (Å²) in [6, 6.07) is 3.45. The number of aliphatic hydroxyl groups is 1. The molecule has 150 valence electrons. The molecule has 1 atom stereocenters. The van der Waals surface area contributed by atoms with Crippen LogP contribution in [0, 0.1) is 13.8 Å². The number of rotatable bonds is 8. The van der Waals surface area contributed by atoms with Gasteiger partial charge in [0.15, 0.2) is 0 Å². The van der Waals surface area contributed by atoms with Crippen LogP contribution in [0.4, 0.5) is 0 Å². The number of fused-ring (bicyclic) bond motifs is 2. The van der Waals surface area contributed by atoms with E-state index in [0.29, 0.717) is 29.6 Å². The molecule has 0 fully saturated rings. The number of benzene rings is 1. The molecular formula is C21H25NO5S. The highest BCUT2D eigenvalue weighted by atomic mass is 32.2. The van der Waals surface area contributed by atoms with Crippen LogP contribution in [0.25, 0.3) is 21.9 Å². The summed E-state index contributed by atoms with van der Waals surface area (Å²) in [5, 5.41) is 14.0. The summed E-state index contributed by atoms with van der Waals surface area (Å²) in [7, 11) is 0. The third-order valence-corrected chi connectivity index (χ3v) is 5.68. The molecular weight excluding hydrogens is 378 g/mol. The summed E-state index contributed by atoms with van der Waals surface area (Å²) in [5.41, 5.74) is 3.08. The molecule has 0 unspecified atom stereocenters. The lowest BCUT2D eigenvalue weighted by molar-refractivity contribution is -0.122. The van der Waals surface area contributed by atoms with E-state index in [1.165, 1.54) is 0 Å². The number of thioether (sulfide) groups is 1. The van der Waals surface area contributed by atoms with Crippen LogP contribution in [0.3, 0.4) is 0 Å². The summed E-state index contributed by atoms with van der Waals surface area (Å²) in [6.07, 6.45) is 4.83. The molecule has 0 saturated carbocycles. The molecule has 0 aliphatic rings. The van der Waals surface area contributed by atoms with Gasteiger partial charge in [-0.2, -0.15) is 11.8 Å². The number of hydrogen-bond acceptors (Lipinski definition) is 6. The molecule has 2 aromatic heterocycles. The topological polar surface area (TPSA) is 92.7 Å². The average molecular weight is 404 g/mol. The molecule has 0 aliphatic heterocycles. The first-order valence-corrected chi connectivity index (χ1v) is 10.7. The minimum atomic E-state index is -0.429. The molecule has 7 heteroatoms. The molecule has 3 rings (SSSR count). The number of carbonyl (C=O) groups is 1. The molecule has 1 aromatic carbocycles. The monoisotopic (exact) mass is 403 g/mol. The first-order chi connectivity index (χ1) is 13.4. The highest BCUT2D eigenvalue weighted by Gasteiger charge is 2.16. The predicted octanol–water partition coefficient (Wildman–Crippen LogP) is 3.32. The van der Waals surface area contributed by atoms with Gasteiger partial charge in [0.25, 0.3) is 0 Å². The Kier molecular flexibility index (Phi) is 6.46. The fourth-order valence-electron chi connectivity index (χ4n) is 3.33. The van der Waals surface area contributed by atoms with Crippen molar-refractivity contribution in [1.29, 1.82) is 0 Å². The van der Waals surface area contributed by atoms with Crippen molar-refractivity contribution in [3.63, 3.8) is 0 Å². The fraction of sp³-hybridized carbons (Fsp3) is 0.429. The smallest absolute Gasteiger partial charge is 0.339 e. The number of nitrogens with one attached hydrogen (secondary N) is 1. The summed E-state index contributed by atoms with van der Waals surface area (Å²) in [5.74, 6) is 0.681. The first kappa shape index (κ1) is 20.5. The Labute approximate surface area is 167 Å². The molecule has 0 radical (unpaired) electrons. The number of aliphatic hydroxyl groups excluding tert-OH is 1. The van der Waals surface area contributed by atoms with Crippen molar-refractivity contribution in [2.45, 2.75) is 39.2 Å². The molecule has 0 spiro atoms. The lowest BCUT2D eigenvalue weighted by Crippen LogP contribution is -2.38.